The molecular formula is C31H38F3N7O2. The number of hydrogen-bond donors (Lipinski definition) is 3. The summed E-state index contributed by atoms with van der Waals surface area (Å²) in [7, 11) is 1.77. The van der Waals surface area contributed by atoms with E-state index >= 15 is 0 Å². The number of alkyl halides is 3. The smallest absolute Gasteiger partial charge is 0.345 e. The van der Waals surface area contributed by atoms with Gasteiger partial charge in [-0.05, 0) is 73.8 Å². The van der Waals surface area contributed by atoms with Crippen molar-refractivity contribution in [2.75, 3.05) is 13.6 Å². The SMILES string of the molecule is C[C@H](c1ccc(C(=O)NCC2=NNNN2C)cc1)N1C(=O)C(c2ccc(C(F)(F)F)cc2)=NC12CCC(C(C)(C)C)CC2. The summed E-state index contributed by atoms with van der Waals surface area (Å²) in [6.45, 7) is 8.83. The van der Waals surface area contributed by atoms with Gasteiger partial charge in [0.25, 0.3) is 11.8 Å². The minimum Gasteiger partial charge on any atom is -0.345 e. The van der Waals surface area contributed by atoms with Gasteiger partial charge in [0.2, 0.25) is 0 Å². The van der Waals surface area contributed by atoms with E-state index in [-0.39, 0.29) is 35.5 Å². The number of nitrogens with one attached hydrogen (secondary N) is 3. The minimum atomic E-state index is -4.47. The number of rotatable bonds is 6. The number of carbonyl (C=O) groups is 2. The van der Waals surface area contributed by atoms with Crippen LogP contribution >= 0.6 is 0 Å². The normalized spacial score (nSPS) is 23.3. The Morgan fingerprint density at radius 1 is 1.07 bits per heavy atom. The second-order valence-electron chi connectivity index (χ2n) is 12.6. The molecule has 1 fully saturated rings. The third kappa shape index (κ3) is 6.11. The molecule has 2 amide bonds. The molecule has 1 saturated carbocycles. The van der Waals surface area contributed by atoms with Crippen LogP contribution in [-0.2, 0) is 11.0 Å². The number of likely N-dealkylation sites (N-methyl/N-ethyl adjacent to an activating group) is 1. The summed E-state index contributed by atoms with van der Waals surface area (Å²) in [5, 5.41) is 8.54. The number of carbonyl (C=O) groups excluding carboxylic acids is 2. The summed E-state index contributed by atoms with van der Waals surface area (Å²) in [6.07, 6.45) is -1.37. The zero-order valence-electron chi connectivity index (χ0n) is 25.0. The average Bonchev–Trinajstić information content (AvgIpc) is 3.50. The molecule has 0 unspecified atom stereocenters. The molecule has 2 aromatic carbocycles. The van der Waals surface area contributed by atoms with Crippen molar-refractivity contribution in [3.63, 3.8) is 0 Å². The van der Waals surface area contributed by atoms with Gasteiger partial charge >= 0.3 is 6.18 Å². The first-order valence-electron chi connectivity index (χ1n) is 14.5. The molecule has 0 bridgehead atoms. The quantitative estimate of drug-likeness (QED) is 0.434. The number of nitrogens with zero attached hydrogens (tertiary/aromatic N) is 4. The Kier molecular flexibility index (Phi) is 8.02. The maximum Gasteiger partial charge on any atom is 0.416 e. The number of hydrazone groups is 1. The Hall–Kier alpha value is -3.93. The van der Waals surface area contributed by atoms with Gasteiger partial charge in [0.15, 0.2) is 5.84 Å². The lowest BCUT2D eigenvalue weighted by molar-refractivity contribution is -0.137. The highest BCUT2D eigenvalue weighted by Crippen LogP contribution is 2.49. The Morgan fingerprint density at radius 3 is 2.23 bits per heavy atom. The van der Waals surface area contributed by atoms with Gasteiger partial charge in [-0.1, -0.05) is 45.0 Å². The topological polar surface area (TPSA) is 101 Å². The molecule has 1 aliphatic carbocycles. The molecule has 2 aliphatic heterocycles. The summed E-state index contributed by atoms with van der Waals surface area (Å²) >= 11 is 0. The predicted molar refractivity (Wildman–Crippen MR) is 158 cm³/mol. The van der Waals surface area contributed by atoms with Crippen LogP contribution in [0.5, 0.6) is 0 Å². The molecule has 0 radical (unpaired) electrons. The van der Waals surface area contributed by atoms with Gasteiger partial charge in [0, 0.05) is 18.2 Å². The lowest BCUT2D eigenvalue weighted by Gasteiger charge is -2.46. The Labute approximate surface area is 249 Å². The van der Waals surface area contributed by atoms with Crippen LogP contribution in [0.15, 0.2) is 58.6 Å². The minimum absolute atomic E-state index is 0.115. The number of hydrogen-bond acceptors (Lipinski definition) is 7. The first-order chi connectivity index (χ1) is 20.2. The summed E-state index contributed by atoms with van der Waals surface area (Å²) in [5.41, 5.74) is 5.82. The second kappa shape index (κ2) is 11.3. The number of hydrazine groups is 2. The van der Waals surface area contributed by atoms with E-state index in [0.29, 0.717) is 35.7 Å². The molecule has 0 aromatic heterocycles. The highest BCUT2D eigenvalue weighted by Gasteiger charge is 2.52. The highest BCUT2D eigenvalue weighted by molar-refractivity contribution is 6.46. The predicted octanol–water partition coefficient (Wildman–Crippen LogP) is 5.03. The fourth-order valence-electron chi connectivity index (χ4n) is 6.24. The molecule has 5 rings (SSSR count). The van der Waals surface area contributed by atoms with Crippen molar-refractivity contribution in [3.8, 4) is 0 Å². The highest BCUT2D eigenvalue weighted by atomic mass is 19.4. The van der Waals surface area contributed by atoms with Gasteiger partial charge in [-0.2, -0.15) is 13.2 Å². The van der Waals surface area contributed by atoms with Crippen molar-refractivity contribution in [2.24, 2.45) is 21.4 Å². The van der Waals surface area contributed by atoms with Crippen LogP contribution < -0.4 is 16.4 Å². The van der Waals surface area contributed by atoms with Crippen molar-refractivity contribution < 1.29 is 22.8 Å². The van der Waals surface area contributed by atoms with E-state index in [0.717, 1.165) is 30.5 Å². The Bertz CT molecular complexity index is 1420. The van der Waals surface area contributed by atoms with Crippen LogP contribution in [0, 0.1) is 11.3 Å². The molecule has 12 heteroatoms. The van der Waals surface area contributed by atoms with Crippen molar-refractivity contribution in [3.05, 3.63) is 70.8 Å². The average molecular weight is 598 g/mol. The van der Waals surface area contributed by atoms with E-state index in [4.69, 9.17) is 4.99 Å². The zero-order chi connectivity index (χ0) is 31.2. The van der Waals surface area contributed by atoms with E-state index in [1.807, 2.05) is 24.0 Å². The van der Waals surface area contributed by atoms with Crippen molar-refractivity contribution in [1.29, 1.82) is 0 Å². The maximum absolute atomic E-state index is 14.1. The molecule has 0 saturated heterocycles. The summed E-state index contributed by atoms with van der Waals surface area (Å²) < 4.78 is 39.6. The molecule has 1 spiro atoms. The van der Waals surface area contributed by atoms with Crippen molar-refractivity contribution in [1.82, 2.24) is 26.3 Å². The van der Waals surface area contributed by atoms with Crippen molar-refractivity contribution in [2.45, 2.75) is 71.3 Å². The maximum atomic E-state index is 14.1. The van der Waals surface area contributed by atoms with Crippen LogP contribution in [0.1, 0.15) is 86.5 Å². The van der Waals surface area contributed by atoms with E-state index in [1.165, 1.54) is 12.1 Å². The third-order valence-corrected chi connectivity index (χ3v) is 8.93. The Morgan fingerprint density at radius 2 is 1.70 bits per heavy atom. The second-order valence-corrected chi connectivity index (χ2v) is 12.6. The number of amides is 2. The molecule has 9 nitrogen and oxygen atoms in total. The van der Waals surface area contributed by atoms with Gasteiger partial charge in [0.05, 0.1) is 18.2 Å². The first kappa shape index (κ1) is 30.5. The largest absolute Gasteiger partial charge is 0.416 e. The summed E-state index contributed by atoms with van der Waals surface area (Å²) in [5.74, 6) is 0.535. The molecule has 3 N–H and O–H groups in total. The van der Waals surface area contributed by atoms with E-state index in [9.17, 15) is 22.8 Å². The standard InChI is InChI=1S/C31H38F3N7O2/c1-19(20-6-8-22(9-7-20)27(42)35-18-25-37-38-39-40(25)5)41-28(43)26(21-10-12-24(13-11-21)31(32,33)34)36-30(41)16-14-23(15-17-30)29(2,3)4/h6-13,19,23,38-39H,14-18H2,1-5H3,(H,35,42)/t19-,23?,30?/m1/s1. The zero-order valence-corrected chi connectivity index (χ0v) is 25.0. The van der Waals surface area contributed by atoms with Crippen LogP contribution in [-0.4, -0.2) is 52.5 Å². The van der Waals surface area contributed by atoms with Gasteiger partial charge in [-0.25, -0.2) is 5.53 Å². The van der Waals surface area contributed by atoms with E-state index in [2.05, 4.69) is 42.3 Å². The molecule has 43 heavy (non-hydrogen) atoms. The van der Waals surface area contributed by atoms with Crippen LogP contribution in [0.4, 0.5) is 13.2 Å². The van der Waals surface area contributed by atoms with E-state index < -0.39 is 17.4 Å². The summed E-state index contributed by atoms with van der Waals surface area (Å²) in [4.78, 5) is 33.6. The summed E-state index contributed by atoms with van der Waals surface area (Å²) in [6, 6.07) is 11.4. The van der Waals surface area contributed by atoms with Crippen LogP contribution in [0.3, 0.4) is 0 Å². The molecule has 1 atom stereocenters. The number of halogens is 3. The molecule has 2 heterocycles. The van der Waals surface area contributed by atoms with Gasteiger partial charge in [0.1, 0.15) is 11.4 Å². The first-order valence-corrected chi connectivity index (χ1v) is 14.5. The van der Waals surface area contributed by atoms with Crippen LogP contribution in [0.25, 0.3) is 0 Å². The lowest BCUT2D eigenvalue weighted by Crippen LogP contribution is -2.50. The Balaban J connectivity index is 1.39. The van der Waals surface area contributed by atoms with Crippen LogP contribution in [0.2, 0.25) is 0 Å². The van der Waals surface area contributed by atoms with Gasteiger partial charge in [-0.15, -0.1) is 10.6 Å². The molecule has 2 aromatic rings. The van der Waals surface area contributed by atoms with Gasteiger partial charge < -0.3 is 10.2 Å². The van der Waals surface area contributed by atoms with Crippen molar-refractivity contribution >= 4 is 23.4 Å². The number of aliphatic imine (C=N–C) groups is 1. The fraction of sp³-hybridized carbons (Fsp3) is 0.484. The third-order valence-electron chi connectivity index (χ3n) is 8.93. The molecular weight excluding hydrogens is 559 g/mol. The lowest BCUT2D eigenvalue weighted by atomic mass is 9.69. The van der Waals surface area contributed by atoms with E-state index in [1.54, 1.807) is 24.2 Å². The number of amidine groups is 1. The monoisotopic (exact) mass is 597 g/mol. The number of benzene rings is 2. The van der Waals surface area contributed by atoms with Gasteiger partial charge in [-0.3, -0.25) is 19.6 Å². The molecule has 3 aliphatic rings. The fourth-order valence-corrected chi connectivity index (χ4v) is 6.24. The molecule has 230 valence electrons.